The molecule has 1 aromatic rings. The van der Waals surface area contributed by atoms with E-state index in [1.807, 2.05) is 14.0 Å². The van der Waals surface area contributed by atoms with E-state index in [0.29, 0.717) is 18.1 Å². The number of methoxy groups -OCH3 is 1. The molecule has 0 N–H and O–H groups in total. The van der Waals surface area contributed by atoms with Crippen LogP contribution in [0.4, 0.5) is 8.78 Å². The molecular formula is C24H32F2O. The van der Waals surface area contributed by atoms with E-state index in [1.54, 1.807) is 0 Å². The van der Waals surface area contributed by atoms with E-state index < -0.39 is 11.6 Å². The number of hydrogen-bond donors (Lipinski definition) is 0. The third kappa shape index (κ3) is 5.32. The molecule has 3 heteroatoms. The van der Waals surface area contributed by atoms with Crippen molar-refractivity contribution in [1.29, 1.82) is 0 Å². The zero-order chi connectivity index (χ0) is 19.2. The lowest BCUT2D eigenvalue weighted by molar-refractivity contribution is 0.0406. The molecule has 0 aliphatic heterocycles. The summed E-state index contributed by atoms with van der Waals surface area (Å²) in [6.07, 6.45) is 11.5. The molecule has 2 aliphatic carbocycles. The average Bonchev–Trinajstić information content (AvgIpc) is 2.68. The first-order valence-electron chi connectivity index (χ1n) is 10.6. The van der Waals surface area contributed by atoms with Crippen LogP contribution in [-0.2, 0) is 11.2 Å². The van der Waals surface area contributed by atoms with Gasteiger partial charge in [0.2, 0.25) is 0 Å². The van der Waals surface area contributed by atoms with E-state index in [0.717, 1.165) is 31.1 Å². The van der Waals surface area contributed by atoms with Crippen LogP contribution in [0.15, 0.2) is 12.1 Å². The summed E-state index contributed by atoms with van der Waals surface area (Å²) in [4.78, 5) is 0. The highest BCUT2D eigenvalue weighted by Gasteiger charge is 2.30. The van der Waals surface area contributed by atoms with Gasteiger partial charge in [-0.15, -0.1) is 0 Å². The van der Waals surface area contributed by atoms with Crippen molar-refractivity contribution in [3.05, 3.63) is 34.9 Å². The van der Waals surface area contributed by atoms with Crippen LogP contribution in [0.1, 0.15) is 75.8 Å². The van der Waals surface area contributed by atoms with Gasteiger partial charge in [-0.25, -0.2) is 8.78 Å². The average molecular weight is 375 g/mol. The van der Waals surface area contributed by atoms with Crippen LogP contribution in [0.2, 0.25) is 0 Å². The van der Waals surface area contributed by atoms with Crippen molar-refractivity contribution in [2.75, 3.05) is 7.11 Å². The molecule has 148 valence electrons. The van der Waals surface area contributed by atoms with Gasteiger partial charge >= 0.3 is 0 Å². The van der Waals surface area contributed by atoms with Gasteiger partial charge in [0.1, 0.15) is 11.6 Å². The maximum Gasteiger partial charge on any atom is 0.142 e. The fourth-order valence-corrected chi connectivity index (χ4v) is 4.88. The van der Waals surface area contributed by atoms with E-state index in [1.165, 1.54) is 50.7 Å². The second-order valence-corrected chi connectivity index (χ2v) is 8.34. The number of halogens is 2. The molecule has 3 rings (SSSR count). The van der Waals surface area contributed by atoms with Crippen molar-refractivity contribution in [1.82, 2.24) is 0 Å². The van der Waals surface area contributed by atoms with Crippen LogP contribution < -0.4 is 0 Å². The van der Waals surface area contributed by atoms with E-state index >= 15 is 0 Å². The smallest absolute Gasteiger partial charge is 0.142 e. The normalized spacial score (nSPS) is 28.4. The monoisotopic (exact) mass is 374 g/mol. The van der Waals surface area contributed by atoms with Gasteiger partial charge in [0.05, 0.1) is 11.7 Å². The molecular weight excluding hydrogens is 342 g/mol. The maximum absolute atomic E-state index is 14.2. The summed E-state index contributed by atoms with van der Waals surface area (Å²) >= 11 is 0. The molecule has 0 radical (unpaired) electrons. The van der Waals surface area contributed by atoms with E-state index in [-0.39, 0.29) is 11.5 Å². The lowest BCUT2D eigenvalue weighted by atomic mass is 9.70. The molecule has 1 nitrogen and oxygen atoms in total. The van der Waals surface area contributed by atoms with Crippen LogP contribution in [-0.4, -0.2) is 13.2 Å². The number of rotatable bonds is 4. The van der Waals surface area contributed by atoms with Crippen molar-refractivity contribution in [3.63, 3.8) is 0 Å². The molecule has 0 unspecified atom stereocenters. The highest BCUT2D eigenvalue weighted by atomic mass is 19.1. The molecule has 0 atom stereocenters. The van der Waals surface area contributed by atoms with Gasteiger partial charge in [-0.2, -0.15) is 0 Å². The fourth-order valence-electron chi connectivity index (χ4n) is 4.88. The molecule has 2 saturated carbocycles. The van der Waals surface area contributed by atoms with E-state index in [2.05, 4.69) is 11.8 Å². The molecule has 0 aromatic heterocycles. The van der Waals surface area contributed by atoms with Crippen LogP contribution in [0, 0.1) is 41.2 Å². The van der Waals surface area contributed by atoms with Crippen molar-refractivity contribution >= 4 is 0 Å². The second kappa shape index (κ2) is 9.69. The van der Waals surface area contributed by atoms with Gasteiger partial charge in [-0.3, -0.25) is 0 Å². The molecule has 1 aromatic carbocycles. The number of hydrogen-bond acceptors (Lipinski definition) is 1. The van der Waals surface area contributed by atoms with Gasteiger partial charge in [0, 0.05) is 13.0 Å². The van der Waals surface area contributed by atoms with Gasteiger partial charge in [0.25, 0.3) is 0 Å². The second-order valence-electron chi connectivity index (χ2n) is 8.34. The first-order chi connectivity index (χ1) is 13.1. The minimum absolute atomic E-state index is 0.0603. The van der Waals surface area contributed by atoms with Crippen molar-refractivity contribution in [2.24, 2.45) is 17.8 Å². The van der Waals surface area contributed by atoms with Crippen LogP contribution >= 0.6 is 0 Å². The Bertz CT molecular complexity index is 648. The summed E-state index contributed by atoms with van der Waals surface area (Å²) in [5.41, 5.74) is 0.650. The lowest BCUT2D eigenvalue weighted by Crippen LogP contribution is -2.27. The Hall–Kier alpha value is -1.40. The molecule has 0 spiro atoms. The molecule has 2 fully saturated rings. The molecule has 27 heavy (non-hydrogen) atoms. The van der Waals surface area contributed by atoms with Crippen molar-refractivity contribution in [2.45, 2.75) is 77.2 Å². The Morgan fingerprint density at radius 2 is 1.48 bits per heavy atom. The van der Waals surface area contributed by atoms with Crippen molar-refractivity contribution < 1.29 is 13.5 Å². The van der Waals surface area contributed by atoms with Crippen LogP contribution in [0.3, 0.4) is 0 Å². The summed E-state index contributed by atoms with van der Waals surface area (Å²) < 4.78 is 33.9. The third-order valence-electron chi connectivity index (χ3n) is 6.53. The van der Waals surface area contributed by atoms with Gasteiger partial charge < -0.3 is 4.74 Å². The highest BCUT2D eigenvalue weighted by molar-refractivity contribution is 5.39. The number of benzene rings is 1. The zero-order valence-electron chi connectivity index (χ0n) is 16.7. The first-order valence-corrected chi connectivity index (χ1v) is 10.6. The molecule has 0 saturated heterocycles. The lowest BCUT2D eigenvalue weighted by Gasteiger charge is -2.36. The Labute approximate surface area is 162 Å². The fraction of sp³-hybridized carbons (Fsp3) is 0.667. The van der Waals surface area contributed by atoms with Gasteiger partial charge in [0.15, 0.2) is 0 Å². The predicted molar refractivity (Wildman–Crippen MR) is 105 cm³/mol. The Morgan fingerprint density at radius 3 is 2.00 bits per heavy atom. The quantitative estimate of drug-likeness (QED) is 0.564. The van der Waals surface area contributed by atoms with Crippen LogP contribution in [0.25, 0.3) is 0 Å². The summed E-state index contributed by atoms with van der Waals surface area (Å²) in [6.45, 7) is 2.00. The number of ether oxygens (including phenoxy) is 1. The topological polar surface area (TPSA) is 9.23 Å². The maximum atomic E-state index is 14.2. The molecule has 0 heterocycles. The van der Waals surface area contributed by atoms with Crippen molar-refractivity contribution in [3.8, 4) is 11.8 Å². The summed E-state index contributed by atoms with van der Waals surface area (Å²) in [5, 5.41) is 0. The Kier molecular flexibility index (Phi) is 7.30. The van der Waals surface area contributed by atoms with Gasteiger partial charge in [-0.1, -0.05) is 25.2 Å². The van der Waals surface area contributed by atoms with E-state index in [9.17, 15) is 8.78 Å². The Balaban J connectivity index is 1.54. The van der Waals surface area contributed by atoms with E-state index in [4.69, 9.17) is 4.74 Å². The summed E-state index contributed by atoms with van der Waals surface area (Å²) in [6, 6.07) is 2.87. The molecule has 0 amide bonds. The SMILES string of the molecule is CCCc1cc(F)c(C#CC2CCC(C3CCC(OC)CC3)CC2)c(F)c1. The minimum Gasteiger partial charge on any atom is -0.381 e. The predicted octanol–water partition coefficient (Wildman–Crippen LogP) is 6.28. The standard InChI is InChI=1S/C24H32F2O/c1-3-4-18-15-23(25)22(24(26)16-18)14-7-17-5-8-19(9-6-17)20-10-12-21(27-2)13-11-20/h15-17,19-21H,3-6,8-13H2,1-2H3. The first kappa shape index (κ1) is 20.3. The zero-order valence-corrected chi connectivity index (χ0v) is 16.7. The third-order valence-corrected chi connectivity index (χ3v) is 6.53. The minimum atomic E-state index is -0.519. The summed E-state index contributed by atoms with van der Waals surface area (Å²) in [5.74, 6) is 6.82. The molecule has 2 aliphatic rings. The van der Waals surface area contributed by atoms with Gasteiger partial charge in [-0.05, 0) is 87.3 Å². The largest absolute Gasteiger partial charge is 0.381 e. The molecule has 0 bridgehead atoms. The van der Waals surface area contributed by atoms with Crippen LogP contribution in [0.5, 0.6) is 0 Å². The summed E-state index contributed by atoms with van der Waals surface area (Å²) in [7, 11) is 1.82. The highest BCUT2D eigenvalue weighted by Crippen LogP contribution is 2.40. The number of aryl methyl sites for hydroxylation is 1. The Morgan fingerprint density at radius 1 is 0.926 bits per heavy atom.